The van der Waals surface area contributed by atoms with E-state index < -0.39 is 6.04 Å². The zero-order chi connectivity index (χ0) is 22.8. The number of rotatable bonds is 8. The number of nitrogens with one attached hydrogen (secondary N) is 1. The van der Waals surface area contributed by atoms with Crippen molar-refractivity contribution in [2.24, 2.45) is 0 Å². The number of carbonyl (C=O) groups is 1. The minimum Gasteiger partial charge on any atom is -0.507 e. The van der Waals surface area contributed by atoms with E-state index in [0.717, 1.165) is 5.56 Å². The molecule has 1 atom stereocenters. The number of methoxy groups -OCH3 is 1. The van der Waals surface area contributed by atoms with Crippen LogP contribution in [0.15, 0.2) is 61.7 Å². The third-order valence-electron chi connectivity index (χ3n) is 5.26. The summed E-state index contributed by atoms with van der Waals surface area (Å²) < 4.78 is 11.2. The van der Waals surface area contributed by atoms with Gasteiger partial charge in [0.25, 0.3) is 5.91 Å². The Morgan fingerprint density at radius 1 is 1.22 bits per heavy atom. The van der Waals surface area contributed by atoms with E-state index in [1.54, 1.807) is 42.4 Å². The fraction of sp³-hybridized carbons (Fsp3) is 0.167. The number of H-pyrrole nitrogens is 1. The number of halogens is 1. The van der Waals surface area contributed by atoms with Crippen molar-refractivity contribution in [3.63, 3.8) is 0 Å². The van der Waals surface area contributed by atoms with E-state index in [-0.39, 0.29) is 11.7 Å². The number of amides is 1. The van der Waals surface area contributed by atoms with Gasteiger partial charge in [-0.2, -0.15) is 5.10 Å². The third kappa shape index (κ3) is 3.61. The zero-order valence-electron chi connectivity index (χ0n) is 17.5. The lowest BCUT2D eigenvalue weighted by atomic mass is 9.95. The second kappa shape index (κ2) is 8.80. The van der Waals surface area contributed by atoms with Crippen molar-refractivity contribution in [3.8, 4) is 28.5 Å². The van der Waals surface area contributed by atoms with Crippen LogP contribution in [0, 0.1) is 0 Å². The first kappa shape index (κ1) is 21.5. The number of hydrogen-bond acceptors (Lipinski definition) is 5. The highest BCUT2D eigenvalue weighted by atomic mass is 35.5. The van der Waals surface area contributed by atoms with Gasteiger partial charge in [-0.3, -0.25) is 9.89 Å². The summed E-state index contributed by atoms with van der Waals surface area (Å²) in [5.74, 6) is 0.897. The minimum absolute atomic E-state index is 0.0165. The van der Waals surface area contributed by atoms with E-state index in [1.165, 1.54) is 6.07 Å². The third-order valence-corrected chi connectivity index (χ3v) is 5.50. The van der Waals surface area contributed by atoms with Gasteiger partial charge in [0.2, 0.25) is 0 Å². The van der Waals surface area contributed by atoms with Crippen LogP contribution in [0.4, 0.5) is 0 Å². The largest absolute Gasteiger partial charge is 0.507 e. The molecule has 164 valence electrons. The fourth-order valence-corrected chi connectivity index (χ4v) is 4.07. The van der Waals surface area contributed by atoms with Crippen LogP contribution in [0.1, 0.15) is 27.7 Å². The van der Waals surface area contributed by atoms with Gasteiger partial charge in [-0.15, -0.1) is 6.58 Å². The average Bonchev–Trinajstić information content (AvgIpc) is 3.33. The number of ether oxygens (including phenoxy) is 2. The molecule has 1 aliphatic heterocycles. The molecule has 32 heavy (non-hydrogen) atoms. The summed E-state index contributed by atoms with van der Waals surface area (Å²) >= 11 is 6.17. The first-order valence-electron chi connectivity index (χ1n) is 9.90. The lowest BCUT2D eigenvalue weighted by Gasteiger charge is -2.26. The molecule has 2 heterocycles. The standard InChI is InChI=1S/C24H22ClN3O4/c1-4-10-28-23(14-6-9-18(32-11-5-2)19(12-14)31-3)20-21(26-27-22(20)24(28)30)16-13-15(25)7-8-17(16)29/h4-9,12-13,23,29H,1-2,10-11H2,3H3,(H,26,27). The quantitative estimate of drug-likeness (QED) is 0.483. The van der Waals surface area contributed by atoms with Gasteiger partial charge in [0.15, 0.2) is 11.5 Å². The van der Waals surface area contributed by atoms with Crippen LogP contribution in [-0.4, -0.2) is 46.4 Å². The normalized spacial score (nSPS) is 14.9. The van der Waals surface area contributed by atoms with Crippen LogP contribution >= 0.6 is 11.6 Å². The van der Waals surface area contributed by atoms with Crippen LogP contribution in [0.5, 0.6) is 17.2 Å². The van der Waals surface area contributed by atoms with Gasteiger partial charge in [-0.05, 0) is 35.9 Å². The number of nitrogens with zero attached hydrogens (tertiary/aromatic N) is 2. The Morgan fingerprint density at radius 3 is 2.75 bits per heavy atom. The number of aromatic hydroxyl groups is 1. The number of phenolic OH excluding ortho intramolecular Hbond substituents is 1. The lowest BCUT2D eigenvalue weighted by molar-refractivity contribution is 0.0764. The number of aromatic amines is 1. The van der Waals surface area contributed by atoms with E-state index in [1.807, 2.05) is 12.1 Å². The smallest absolute Gasteiger partial charge is 0.273 e. The molecule has 1 aromatic heterocycles. The topological polar surface area (TPSA) is 87.7 Å². The Kier molecular flexibility index (Phi) is 5.92. The van der Waals surface area contributed by atoms with Gasteiger partial charge >= 0.3 is 0 Å². The van der Waals surface area contributed by atoms with Crippen LogP contribution in [-0.2, 0) is 0 Å². The molecule has 0 saturated heterocycles. The summed E-state index contributed by atoms with van der Waals surface area (Å²) in [6.07, 6.45) is 3.32. The summed E-state index contributed by atoms with van der Waals surface area (Å²) in [4.78, 5) is 14.9. The van der Waals surface area contributed by atoms with Gasteiger partial charge < -0.3 is 19.5 Å². The molecule has 0 spiro atoms. The number of hydrogen-bond donors (Lipinski definition) is 2. The van der Waals surface area contributed by atoms with E-state index in [9.17, 15) is 9.90 Å². The zero-order valence-corrected chi connectivity index (χ0v) is 18.2. The van der Waals surface area contributed by atoms with E-state index in [2.05, 4.69) is 23.4 Å². The molecule has 1 aliphatic rings. The lowest BCUT2D eigenvalue weighted by Crippen LogP contribution is -2.29. The summed E-state index contributed by atoms with van der Waals surface area (Å²) in [6.45, 7) is 8.11. The van der Waals surface area contributed by atoms with E-state index >= 15 is 0 Å². The first-order chi connectivity index (χ1) is 15.5. The highest BCUT2D eigenvalue weighted by Gasteiger charge is 2.42. The molecule has 8 heteroatoms. The Hall–Kier alpha value is -3.71. The van der Waals surface area contributed by atoms with Gasteiger partial charge in [-0.25, -0.2) is 0 Å². The van der Waals surface area contributed by atoms with Crippen LogP contribution in [0.3, 0.4) is 0 Å². The molecular formula is C24H22ClN3O4. The SMILES string of the molecule is C=CCOc1ccc(C2c3c(-c4cc(Cl)ccc4O)n[nH]c3C(=O)N2CC=C)cc1OC. The molecule has 0 radical (unpaired) electrons. The maximum Gasteiger partial charge on any atom is 0.273 e. The van der Waals surface area contributed by atoms with E-state index in [4.69, 9.17) is 21.1 Å². The van der Waals surface area contributed by atoms with Gasteiger partial charge in [0.05, 0.1) is 13.2 Å². The second-order valence-electron chi connectivity index (χ2n) is 7.18. The summed E-state index contributed by atoms with van der Waals surface area (Å²) in [5, 5.41) is 18.1. The van der Waals surface area contributed by atoms with Gasteiger partial charge in [-0.1, -0.05) is 36.4 Å². The van der Waals surface area contributed by atoms with Crippen molar-refractivity contribution in [3.05, 3.63) is 83.6 Å². The maximum absolute atomic E-state index is 13.2. The maximum atomic E-state index is 13.2. The van der Waals surface area contributed by atoms with Gasteiger partial charge in [0, 0.05) is 22.7 Å². The molecule has 2 aromatic carbocycles. The molecule has 0 fully saturated rings. The number of carbonyl (C=O) groups excluding carboxylic acids is 1. The molecule has 0 aliphatic carbocycles. The predicted molar refractivity (Wildman–Crippen MR) is 122 cm³/mol. The number of phenols is 1. The second-order valence-corrected chi connectivity index (χ2v) is 7.62. The van der Waals surface area contributed by atoms with Crippen molar-refractivity contribution in [2.75, 3.05) is 20.3 Å². The Labute approximate surface area is 190 Å². The molecule has 0 saturated carbocycles. The van der Waals surface area contributed by atoms with Crippen molar-refractivity contribution in [1.82, 2.24) is 15.1 Å². The van der Waals surface area contributed by atoms with Crippen molar-refractivity contribution in [2.45, 2.75) is 6.04 Å². The average molecular weight is 452 g/mol. The monoisotopic (exact) mass is 451 g/mol. The van der Waals surface area contributed by atoms with Crippen molar-refractivity contribution < 1.29 is 19.4 Å². The number of aromatic nitrogens is 2. The molecule has 1 amide bonds. The van der Waals surface area contributed by atoms with Crippen molar-refractivity contribution >= 4 is 17.5 Å². The molecular weight excluding hydrogens is 430 g/mol. The van der Waals surface area contributed by atoms with Crippen LogP contribution in [0.25, 0.3) is 11.3 Å². The molecule has 4 rings (SSSR count). The van der Waals surface area contributed by atoms with E-state index in [0.29, 0.717) is 52.2 Å². The molecule has 2 N–H and O–H groups in total. The first-order valence-corrected chi connectivity index (χ1v) is 10.3. The predicted octanol–water partition coefficient (Wildman–Crippen LogP) is 4.74. The number of benzene rings is 2. The molecule has 3 aromatic rings. The highest BCUT2D eigenvalue weighted by Crippen LogP contribution is 2.46. The van der Waals surface area contributed by atoms with Crippen LogP contribution < -0.4 is 9.47 Å². The Morgan fingerprint density at radius 2 is 2.03 bits per heavy atom. The van der Waals surface area contributed by atoms with Gasteiger partial charge in [0.1, 0.15) is 23.7 Å². The highest BCUT2D eigenvalue weighted by molar-refractivity contribution is 6.31. The summed E-state index contributed by atoms with van der Waals surface area (Å²) in [5.41, 5.74) is 2.70. The molecule has 0 bridgehead atoms. The Bertz CT molecular complexity index is 1200. The number of fused-ring (bicyclic) bond motifs is 1. The fourth-order valence-electron chi connectivity index (χ4n) is 3.90. The molecule has 1 unspecified atom stereocenters. The summed E-state index contributed by atoms with van der Waals surface area (Å²) in [7, 11) is 1.56. The summed E-state index contributed by atoms with van der Waals surface area (Å²) in [6, 6.07) is 9.73. The van der Waals surface area contributed by atoms with Crippen LogP contribution in [0.2, 0.25) is 5.02 Å². The Balaban J connectivity index is 1.88. The van der Waals surface area contributed by atoms with Crippen molar-refractivity contribution in [1.29, 1.82) is 0 Å². The molecule has 7 nitrogen and oxygen atoms in total. The minimum atomic E-state index is -0.481.